The number of benzene rings is 2. The smallest absolute Gasteiger partial charge is 0.316 e. The number of aliphatic carboxylic acids is 1. The average molecular weight is 483 g/mol. The Balaban J connectivity index is 1.85. The molecule has 1 aromatic heterocycles. The van der Waals surface area contributed by atoms with Crippen LogP contribution in [0.4, 0.5) is 0 Å². The number of carbonyl (C=O) groups is 2. The number of carboxylic acids is 1. The molecule has 0 saturated heterocycles. The number of carbonyl (C=O) groups excluding carboxylic acids is 1. The van der Waals surface area contributed by atoms with Crippen molar-refractivity contribution in [3.63, 3.8) is 0 Å². The first kappa shape index (κ1) is 23.3. The third kappa shape index (κ3) is 4.77. The lowest BCUT2D eigenvalue weighted by molar-refractivity contribution is -0.133. The van der Waals surface area contributed by atoms with Crippen LogP contribution in [0.3, 0.4) is 0 Å². The summed E-state index contributed by atoms with van der Waals surface area (Å²) >= 11 is 12.6. The normalized spacial score (nSPS) is 13.2. The van der Waals surface area contributed by atoms with Crippen LogP contribution in [-0.2, 0) is 22.6 Å². The molecule has 3 aromatic rings. The largest absolute Gasteiger partial charge is 0.481 e. The van der Waals surface area contributed by atoms with Crippen LogP contribution in [0.2, 0.25) is 10.0 Å². The molecule has 0 fully saturated rings. The highest BCUT2D eigenvalue weighted by Crippen LogP contribution is 2.35. The van der Waals surface area contributed by atoms with E-state index in [0.717, 1.165) is 11.1 Å². The maximum atomic E-state index is 12.9. The Morgan fingerprint density at radius 1 is 1.16 bits per heavy atom. The highest BCUT2D eigenvalue weighted by molar-refractivity contribution is 7.85. The lowest BCUT2D eigenvalue weighted by atomic mass is 10.1. The van der Waals surface area contributed by atoms with E-state index in [4.69, 9.17) is 28.3 Å². The number of nitrogens with one attached hydrogen (secondary N) is 1. The Hall–Kier alpha value is -2.39. The van der Waals surface area contributed by atoms with Gasteiger partial charge in [-0.3, -0.25) is 13.8 Å². The number of aliphatic hydroxyl groups is 1. The Morgan fingerprint density at radius 2 is 1.81 bits per heavy atom. The fourth-order valence-corrected chi connectivity index (χ4v) is 4.55. The Kier molecular flexibility index (Phi) is 7.06. The molecule has 3 rings (SSSR count). The van der Waals surface area contributed by atoms with Gasteiger partial charge in [0.2, 0.25) is 0 Å². The zero-order valence-corrected chi connectivity index (χ0v) is 19.0. The number of carboxylic acid groups (broad SMARTS) is 1. The number of fused-ring (bicyclic) bond motifs is 1. The first-order chi connectivity index (χ1) is 14.6. The van der Waals surface area contributed by atoms with Gasteiger partial charge in [0, 0.05) is 17.3 Å². The van der Waals surface area contributed by atoms with Gasteiger partial charge in [0.1, 0.15) is 11.4 Å². The van der Waals surface area contributed by atoms with Crippen molar-refractivity contribution < 1.29 is 24.0 Å². The lowest BCUT2D eigenvalue weighted by Gasteiger charge is -2.17. The molecule has 10 heteroatoms. The minimum Gasteiger partial charge on any atom is -0.481 e. The van der Waals surface area contributed by atoms with E-state index >= 15 is 0 Å². The predicted molar refractivity (Wildman–Crippen MR) is 120 cm³/mol. The predicted octanol–water partition coefficient (Wildman–Crippen LogP) is 3.45. The summed E-state index contributed by atoms with van der Waals surface area (Å²) in [7, 11) is 0.0657. The van der Waals surface area contributed by atoms with Crippen LogP contribution in [0, 0.1) is 6.92 Å². The van der Waals surface area contributed by atoms with Crippen LogP contribution in [0.1, 0.15) is 27.7 Å². The molecule has 0 unspecified atom stereocenters. The highest BCUT2D eigenvalue weighted by Gasteiger charge is 2.21. The number of hydrogen-bond acceptors (Lipinski definition) is 4. The van der Waals surface area contributed by atoms with Crippen molar-refractivity contribution in [1.29, 1.82) is 0 Å². The molecule has 0 aliphatic heterocycles. The maximum absolute atomic E-state index is 12.9. The summed E-state index contributed by atoms with van der Waals surface area (Å²) in [6.07, 6.45) is 0. The second kappa shape index (κ2) is 9.40. The van der Waals surface area contributed by atoms with Gasteiger partial charge >= 0.3 is 5.97 Å². The quantitative estimate of drug-likeness (QED) is 0.477. The minimum atomic E-state index is -1.67. The molecule has 2 aromatic carbocycles. The first-order valence-electron chi connectivity index (χ1n) is 9.20. The Morgan fingerprint density at radius 3 is 2.39 bits per heavy atom. The lowest BCUT2D eigenvalue weighted by Crippen LogP contribution is -2.32. The number of rotatable bonds is 7. The summed E-state index contributed by atoms with van der Waals surface area (Å²) in [4.78, 5) is 24.0. The SMILES string of the molecule is Cc1cc2c(cc(C(=O)N[C@H](CO)c3ccc([S@](=O)CC(=O)O)cc3)n2C)c(Cl)c1Cl. The molecule has 0 radical (unpaired) electrons. The van der Waals surface area contributed by atoms with Gasteiger partial charge < -0.3 is 20.1 Å². The fourth-order valence-electron chi connectivity index (χ4n) is 3.26. The van der Waals surface area contributed by atoms with Gasteiger partial charge in [0.25, 0.3) is 5.91 Å². The second-order valence-corrected chi connectivity index (χ2v) is 9.21. The Bertz CT molecular complexity index is 1190. The molecular formula is C21H20Cl2N2O5S. The van der Waals surface area contributed by atoms with E-state index in [9.17, 15) is 18.9 Å². The molecular weight excluding hydrogens is 463 g/mol. The van der Waals surface area contributed by atoms with Gasteiger partial charge in [0.05, 0.1) is 39.0 Å². The molecule has 3 N–H and O–H groups in total. The van der Waals surface area contributed by atoms with Crippen molar-refractivity contribution in [2.75, 3.05) is 12.4 Å². The third-order valence-corrected chi connectivity index (χ3v) is 7.21. The van der Waals surface area contributed by atoms with Crippen LogP contribution in [0.5, 0.6) is 0 Å². The van der Waals surface area contributed by atoms with Crippen LogP contribution < -0.4 is 5.32 Å². The number of aliphatic hydroxyl groups excluding tert-OH is 1. The highest BCUT2D eigenvalue weighted by atomic mass is 35.5. The maximum Gasteiger partial charge on any atom is 0.316 e. The fraction of sp³-hybridized carbons (Fsp3) is 0.238. The molecule has 1 amide bonds. The van der Waals surface area contributed by atoms with Crippen molar-refractivity contribution in [2.24, 2.45) is 7.05 Å². The van der Waals surface area contributed by atoms with Crippen LogP contribution in [-0.4, -0.2) is 43.2 Å². The van der Waals surface area contributed by atoms with E-state index in [1.165, 1.54) is 12.1 Å². The number of aromatic nitrogens is 1. The summed E-state index contributed by atoms with van der Waals surface area (Å²) in [5.74, 6) is -2.07. The molecule has 0 bridgehead atoms. The van der Waals surface area contributed by atoms with E-state index < -0.39 is 34.5 Å². The molecule has 2 atom stereocenters. The molecule has 0 aliphatic rings. The van der Waals surface area contributed by atoms with Crippen LogP contribution >= 0.6 is 23.2 Å². The minimum absolute atomic E-state index is 0.344. The number of nitrogens with zero attached hydrogens (tertiary/aromatic N) is 1. The van der Waals surface area contributed by atoms with E-state index in [1.54, 1.807) is 29.8 Å². The summed E-state index contributed by atoms with van der Waals surface area (Å²) < 4.78 is 13.7. The van der Waals surface area contributed by atoms with Crippen LogP contribution in [0.15, 0.2) is 41.3 Å². The monoisotopic (exact) mass is 482 g/mol. The number of halogens is 2. The van der Waals surface area contributed by atoms with E-state index in [1.807, 2.05) is 13.0 Å². The third-order valence-electron chi connectivity index (χ3n) is 4.93. The molecule has 7 nitrogen and oxygen atoms in total. The van der Waals surface area contributed by atoms with E-state index in [-0.39, 0.29) is 6.61 Å². The van der Waals surface area contributed by atoms with Crippen molar-refractivity contribution in [3.8, 4) is 0 Å². The van der Waals surface area contributed by atoms with E-state index in [2.05, 4.69) is 5.32 Å². The molecule has 31 heavy (non-hydrogen) atoms. The molecule has 164 valence electrons. The summed E-state index contributed by atoms with van der Waals surface area (Å²) in [6.45, 7) is 1.47. The van der Waals surface area contributed by atoms with Gasteiger partial charge in [0.15, 0.2) is 0 Å². The van der Waals surface area contributed by atoms with Crippen molar-refractivity contribution in [2.45, 2.75) is 17.9 Å². The molecule has 0 aliphatic carbocycles. The molecule has 0 spiro atoms. The zero-order valence-electron chi connectivity index (χ0n) is 16.7. The molecule has 0 saturated carbocycles. The Labute approximate surface area is 191 Å². The number of hydrogen-bond donors (Lipinski definition) is 3. The van der Waals surface area contributed by atoms with Crippen molar-refractivity contribution >= 4 is 56.8 Å². The van der Waals surface area contributed by atoms with Gasteiger partial charge in [-0.2, -0.15) is 0 Å². The van der Waals surface area contributed by atoms with Crippen molar-refractivity contribution in [1.82, 2.24) is 9.88 Å². The van der Waals surface area contributed by atoms with Gasteiger partial charge in [-0.05, 0) is 42.3 Å². The van der Waals surface area contributed by atoms with E-state index in [0.29, 0.717) is 31.6 Å². The van der Waals surface area contributed by atoms with Gasteiger partial charge in [-0.1, -0.05) is 35.3 Å². The number of aryl methyl sites for hydroxylation is 2. The zero-order chi connectivity index (χ0) is 22.9. The standard InChI is InChI=1S/C21H20Cl2N2O5S/c1-11-7-16-14(20(23)19(11)22)8-17(25(16)2)21(29)24-15(9-26)12-3-5-13(6-4-12)31(30)10-18(27)28/h3-8,15,26H,9-10H2,1-2H3,(H,24,29)(H,27,28)/t15-,31-/m1/s1. The number of amides is 1. The van der Waals surface area contributed by atoms with Crippen LogP contribution in [0.25, 0.3) is 10.9 Å². The summed E-state index contributed by atoms with van der Waals surface area (Å²) in [5.41, 5.74) is 2.47. The topological polar surface area (TPSA) is 109 Å². The first-order valence-corrected chi connectivity index (χ1v) is 11.3. The molecule has 1 heterocycles. The summed E-state index contributed by atoms with van der Waals surface area (Å²) in [5, 5.41) is 22.8. The van der Waals surface area contributed by atoms with Gasteiger partial charge in [-0.25, -0.2) is 0 Å². The second-order valence-electron chi connectivity index (χ2n) is 7.00. The average Bonchev–Trinajstić information content (AvgIpc) is 3.06. The summed E-state index contributed by atoms with van der Waals surface area (Å²) in [6, 6.07) is 9.00. The van der Waals surface area contributed by atoms with Crippen molar-refractivity contribution in [3.05, 3.63) is 63.3 Å². The van der Waals surface area contributed by atoms with Gasteiger partial charge in [-0.15, -0.1) is 0 Å².